The Morgan fingerprint density at radius 3 is 2.84 bits per heavy atom. The third-order valence-corrected chi connectivity index (χ3v) is 6.02. The van der Waals surface area contributed by atoms with E-state index in [-0.39, 0.29) is 11.9 Å². The molecule has 1 fully saturated rings. The second-order valence-corrected chi connectivity index (χ2v) is 7.97. The number of esters is 1. The van der Waals surface area contributed by atoms with E-state index >= 15 is 0 Å². The molecule has 2 aliphatic rings. The lowest BCUT2D eigenvalue weighted by Crippen LogP contribution is -3.15. The third kappa shape index (κ3) is 4.40. The van der Waals surface area contributed by atoms with Crippen molar-refractivity contribution in [2.45, 2.75) is 33.1 Å². The fourth-order valence-electron chi connectivity index (χ4n) is 3.49. The van der Waals surface area contributed by atoms with Gasteiger partial charge in [-0.1, -0.05) is 6.92 Å². The Morgan fingerprint density at radius 1 is 1.36 bits per heavy atom. The molecule has 1 aliphatic carbocycles. The third-order valence-electron chi connectivity index (χ3n) is 4.85. The number of quaternary nitrogens is 1. The molecule has 1 saturated heterocycles. The lowest BCUT2D eigenvalue weighted by atomic mass is 9.88. The number of nitrogens with one attached hydrogen (secondary N) is 2. The molecule has 0 aromatic carbocycles. The number of fused-ring (bicyclic) bond motifs is 1. The number of amides is 1. The Hall–Kier alpha value is -1.44. The van der Waals surface area contributed by atoms with Crippen LogP contribution in [0, 0.1) is 5.92 Å². The largest absolute Gasteiger partial charge is 0.462 e. The molecule has 1 aliphatic heterocycles. The van der Waals surface area contributed by atoms with Gasteiger partial charge in [-0.3, -0.25) is 4.79 Å². The number of hydrogen-bond acceptors (Lipinski definition) is 5. The number of rotatable bonds is 5. The molecule has 7 heteroatoms. The zero-order valence-corrected chi connectivity index (χ0v) is 15.8. The van der Waals surface area contributed by atoms with Crippen molar-refractivity contribution in [2.75, 3.05) is 44.8 Å². The Bertz CT molecular complexity index is 637. The van der Waals surface area contributed by atoms with E-state index in [2.05, 4.69) is 12.2 Å². The summed E-state index contributed by atoms with van der Waals surface area (Å²) in [6, 6.07) is 0. The van der Waals surface area contributed by atoms with E-state index in [4.69, 9.17) is 9.47 Å². The van der Waals surface area contributed by atoms with E-state index in [0.717, 1.165) is 37.9 Å². The first kappa shape index (κ1) is 18.4. The summed E-state index contributed by atoms with van der Waals surface area (Å²) in [4.78, 5) is 27.4. The van der Waals surface area contributed by atoms with Crippen molar-refractivity contribution in [1.29, 1.82) is 0 Å². The first-order chi connectivity index (χ1) is 12.1. The van der Waals surface area contributed by atoms with Crippen LogP contribution in [0.3, 0.4) is 0 Å². The fraction of sp³-hybridized carbons (Fsp3) is 0.667. The molecule has 6 nitrogen and oxygen atoms in total. The quantitative estimate of drug-likeness (QED) is 0.759. The molecule has 0 saturated carbocycles. The van der Waals surface area contributed by atoms with Crippen molar-refractivity contribution >= 4 is 28.2 Å². The second kappa shape index (κ2) is 8.29. The molecule has 0 radical (unpaired) electrons. The van der Waals surface area contributed by atoms with Crippen LogP contribution in [0.1, 0.15) is 41.1 Å². The maximum absolute atomic E-state index is 12.5. The normalized spacial score (nSPS) is 20.8. The average Bonchev–Trinajstić information content (AvgIpc) is 2.92. The van der Waals surface area contributed by atoms with Crippen molar-refractivity contribution in [1.82, 2.24) is 0 Å². The highest BCUT2D eigenvalue weighted by Crippen LogP contribution is 2.40. The highest BCUT2D eigenvalue weighted by atomic mass is 32.1. The van der Waals surface area contributed by atoms with Crippen LogP contribution in [0.4, 0.5) is 5.00 Å². The van der Waals surface area contributed by atoms with E-state index < -0.39 is 0 Å². The molecule has 2 N–H and O–H groups in total. The molecule has 25 heavy (non-hydrogen) atoms. The number of morpholine rings is 1. The summed E-state index contributed by atoms with van der Waals surface area (Å²) in [5.41, 5.74) is 1.66. The van der Waals surface area contributed by atoms with E-state index in [1.807, 2.05) is 0 Å². The standard InChI is InChI=1S/C18H26N2O4S/c1-3-24-18(22)16-13-5-4-12(2)10-14(13)25-17(16)19-15(21)11-20-6-8-23-9-7-20/h12H,3-11H2,1-2H3,(H,19,21)/p+1. The number of thiophene rings is 1. The van der Waals surface area contributed by atoms with Crippen molar-refractivity contribution in [3.63, 3.8) is 0 Å². The molecule has 0 bridgehead atoms. The van der Waals surface area contributed by atoms with Crippen molar-refractivity contribution < 1.29 is 24.0 Å². The number of carbonyl (C=O) groups excluding carboxylic acids is 2. The van der Waals surface area contributed by atoms with Crippen LogP contribution < -0.4 is 10.2 Å². The zero-order chi connectivity index (χ0) is 17.8. The minimum absolute atomic E-state index is 0.0471. The number of ether oxygens (including phenoxy) is 2. The van der Waals surface area contributed by atoms with E-state index in [1.165, 1.54) is 9.78 Å². The van der Waals surface area contributed by atoms with Gasteiger partial charge in [0.1, 0.15) is 18.1 Å². The number of carbonyl (C=O) groups is 2. The summed E-state index contributed by atoms with van der Waals surface area (Å²) in [5.74, 6) is 0.250. The Kier molecular flexibility index (Phi) is 6.09. The van der Waals surface area contributed by atoms with E-state index in [9.17, 15) is 9.59 Å². The Labute approximate surface area is 152 Å². The van der Waals surface area contributed by atoms with Crippen molar-refractivity contribution in [3.8, 4) is 0 Å². The van der Waals surface area contributed by atoms with Crippen LogP contribution in [-0.4, -0.2) is 51.3 Å². The lowest BCUT2D eigenvalue weighted by molar-refractivity contribution is -0.899. The summed E-state index contributed by atoms with van der Waals surface area (Å²) in [5, 5.41) is 3.65. The van der Waals surface area contributed by atoms with E-state index in [1.54, 1.807) is 18.3 Å². The molecule has 1 aromatic rings. The molecular weight excluding hydrogens is 340 g/mol. The van der Waals surface area contributed by atoms with E-state index in [0.29, 0.717) is 42.8 Å². The first-order valence-corrected chi connectivity index (χ1v) is 9.93. The molecule has 1 atom stereocenters. The Morgan fingerprint density at radius 2 is 2.12 bits per heavy atom. The Balaban J connectivity index is 1.77. The van der Waals surface area contributed by atoms with Crippen LogP contribution in [0.25, 0.3) is 0 Å². The first-order valence-electron chi connectivity index (χ1n) is 9.11. The highest BCUT2D eigenvalue weighted by Gasteiger charge is 2.29. The van der Waals surface area contributed by atoms with Crippen LogP contribution in [0.2, 0.25) is 0 Å². The van der Waals surface area contributed by atoms with Gasteiger partial charge in [-0.25, -0.2) is 4.79 Å². The number of hydrogen-bond donors (Lipinski definition) is 2. The van der Waals surface area contributed by atoms with Crippen molar-refractivity contribution in [2.24, 2.45) is 5.92 Å². The molecule has 0 spiro atoms. The molecule has 3 rings (SSSR count). The second-order valence-electron chi connectivity index (χ2n) is 6.86. The zero-order valence-electron chi connectivity index (χ0n) is 15.0. The van der Waals surface area contributed by atoms with Gasteiger partial charge in [0, 0.05) is 4.88 Å². The summed E-state index contributed by atoms with van der Waals surface area (Å²) in [6.45, 7) is 7.86. The van der Waals surface area contributed by atoms with Crippen LogP contribution in [0.15, 0.2) is 0 Å². The van der Waals surface area contributed by atoms with Gasteiger partial charge in [0.25, 0.3) is 5.91 Å². The van der Waals surface area contributed by atoms with Crippen LogP contribution in [0.5, 0.6) is 0 Å². The van der Waals surface area contributed by atoms with Gasteiger partial charge in [0.2, 0.25) is 0 Å². The average molecular weight is 367 g/mol. The van der Waals surface area contributed by atoms with Gasteiger partial charge >= 0.3 is 5.97 Å². The van der Waals surface area contributed by atoms with Gasteiger partial charge in [-0.2, -0.15) is 0 Å². The van der Waals surface area contributed by atoms with Gasteiger partial charge in [-0.05, 0) is 37.7 Å². The number of anilines is 1. The fourth-order valence-corrected chi connectivity index (χ4v) is 4.91. The topological polar surface area (TPSA) is 69.1 Å². The maximum atomic E-state index is 12.5. The highest BCUT2D eigenvalue weighted by molar-refractivity contribution is 7.17. The summed E-state index contributed by atoms with van der Waals surface area (Å²) < 4.78 is 10.6. The van der Waals surface area contributed by atoms with Gasteiger partial charge in [0.15, 0.2) is 6.54 Å². The van der Waals surface area contributed by atoms with Gasteiger partial charge in [-0.15, -0.1) is 11.3 Å². The summed E-state index contributed by atoms with van der Waals surface area (Å²) in [7, 11) is 0. The lowest BCUT2D eigenvalue weighted by Gasteiger charge is -2.23. The maximum Gasteiger partial charge on any atom is 0.341 e. The summed E-state index contributed by atoms with van der Waals surface area (Å²) >= 11 is 1.54. The van der Waals surface area contributed by atoms with Gasteiger partial charge in [0.05, 0.1) is 25.4 Å². The monoisotopic (exact) mass is 367 g/mol. The smallest absolute Gasteiger partial charge is 0.341 e. The molecule has 1 aromatic heterocycles. The summed E-state index contributed by atoms with van der Waals surface area (Å²) in [6.07, 6.45) is 2.92. The van der Waals surface area contributed by atoms with Gasteiger partial charge < -0.3 is 19.7 Å². The molecule has 1 unspecified atom stereocenters. The van der Waals surface area contributed by atoms with Crippen LogP contribution >= 0.6 is 11.3 Å². The predicted octanol–water partition coefficient (Wildman–Crippen LogP) is 0.903. The molecule has 1 amide bonds. The SMILES string of the molecule is CCOC(=O)c1c(NC(=O)C[NH+]2CCOCC2)sc2c1CCC(C)C2. The van der Waals surface area contributed by atoms with Crippen LogP contribution in [-0.2, 0) is 27.1 Å². The molecule has 138 valence electrons. The minimum atomic E-state index is -0.316. The predicted molar refractivity (Wildman–Crippen MR) is 96.5 cm³/mol. The van der Waals surface area contributed by atoms with Crippen molar-refractivity contribution in [3.05, 3.63) is 16.0 Å². The molecular formula is C18H27N2O4S+. The molecule has 2 heterocycles. The minimum Gasteiger partial charge on any atom is -0.462 e.